The summed E-state index contributed by atoms with van der Waals surface area (Å²) in [5.41, 5.74) is 5.33. The zero-order chi connectivity index (χ0) is 16.7. The Bertz CT molecular complexity index is 461. The average Bonchev–Trinajstić information content (AvgIpc) is 2.30. The lowest BCUT2D eigenvalue weighted by Crippen LogP contribution is -2.52. The number of rotatable bonds is 9. The third-order valence-electron chi connectivity index (χ3n) is 2.55. The molecule has 118 valence electrons. The summed E-state index contributed by atoms with van der Waals surface area (Å²) >= 11 is 0. The van der Waals surface area contributed by atoms with Gasteiger partial charge in [-0.1, -0.05) is 0 Å². The lowest BCUT2D eigenvalue weighted by atomic mass is 9.87. The van der Waals surface area contributed by atoms with E-state index < -0.39 is 60.4 Å². The van der Waals surface area contributed by atoms with E-state index in [4.69, 9.17) is 21.1 Å². The molecule has 6 N–H and O–H groups in total. The number of amides is 1. The molecule has 0 aliphatic heterocycles. The molecule has 1 unspecified atom stereocenters. The average molecular weight is 304 g/mol. The van der Waals surface area contributed by atoms with Crippen molar-refractivity contribution in [1.82, 2.24) is 5.32 Å². The number of aliphatic carboxylic acids is 3. The van der Waals surface area contributed by atoms with Crippen molar-refractivity contribution in [2.75, 3.05) is 0 Å². The lowest BCUT2D eigenvalue weighted by Gasteiger charge is -2.24. The van der Waals surface area contributed by atoms with Gasteiger partial charge in [-0.2, -0.15) is 0 Å². The Labute approximate surface area is 118 Å². The van der Waals surface area contributed by atoms with Crippen LogP contribution in [-0.2, 0) is 24.0 Å². The van der Waals surface area contributed by atoms with Crippen LogP contribution in [-0.4, -0.2) is 57.0 Å². The summed E-state index contributed by atoms with van der Waals surface area (Å²) in [6, 6.07) is -3.37. The highest BCUT2D eigenvalue weighted by molar-refractivity contribution is 5.96. The maximum atomic E-state index is 12.0. The summed E-state index contributed by atoms with van der Waals surface area (Å²) in [5, 5.41) is 28.3. The minimum absolute atomic E-state index is 0.776. The monoisotopic (exact) mass is 304 g/mol. The quantitative estimate of drug-likeness (QED) is 0.322. The lowest BCUT2D eigenvalue weighted by molar-refractivity contribution is -0.149. The fourth-order valence-corrected chi connectivity index (χ4v) is 1.69. The van der Waals surface area contributed by atoms with Crippen LogP contribution < -0.4 is 11.1 Å². The number of Topliss-reactive ketones (excluding diaryl/α,β-unsaturated/α-hetero) is 1. The molecular weight excluding hydrogens is 288 g/mol. The molecule has 0 aliphatic rings. The Kier molecular flexibility index (Phi) is 7.00. The molecule has 3 atom stereocenters. The third-order valence-corrected chi connectivity index (χ3v) is 2.55. The molecule has 0 radical (unpaired) electrons. The fraction of sp³-hybridized carbons (Fsp3) is 0.545. The van der Waals surface area contributed by atoms with Gasteiger partial charge in [0.05, 0.1) is 24.8 Å². The van der Waals surface area contributed by atoms with E-state index in [-0.39, 0.29) is 0 Å². The van der Waals surface area contributed by atoms with E-state index in [0.717, 1.165) is 6.92 Å². The second-order valence-corrected chi connectivity index (χ2v) is 4.33. The van der Waals surface area contributed by atoms with Gasteiger partial charge < -0.3 is 26.4 Å². The topological polar surface area (TPSA) is 184 Å². The van der Waals surface area contributed by atoms with Crippen LogP contribution in [0.1, 0.15) is 19.8 Å². The van der Waals surface area contributed by atoms with Crippen molar-refractivity contribution in [2.45, 2.75) is 31.8 Å². The molecule has 0 spiro atoms. The molecule has 0 aliphatic carbocycles. The van der Waals surface area contributed by atoms with E-state index in [0.29, 0.717) is 0 Å². The number of hydrogen-bond acceptors (Lipinski definition) is 6. The van der Waals surface area contributed by atoms with Crippen LogP contribution in [0.15, 0.2) is 0 Å². The third kappa shape index (κ3) is 6.47. The van der Waals surface area contributed by atoms with Crippen molar-refractivity contribution in [1.29, 1.82) is 0 Å². The van der Waals surface area contributed by atoms with E-state index >= 15 is 0 Å². The first-order chi connectivity index (χ1) is 9.56. The van der Waals surface area contributed by atoms with Crippen molar-refractivity contribution in [3.05, 3.63) is 0 Å². The van der Waals surface area contributed by atoms with Gasteiger partial charge >= 0.3 is 17.9 Å². The summed E-state index contributed by atoms with van der Waals surface area (Å²) in [4.78, 5) is 55.3. The normalized spacial score (nSPS) is 14.6. The van der Waals surface area contributed by atoms with Crippen LogP contribution in [0.4, 0.5) is 0 Å². The molecule has 0 aromatic carbocycles. The highest BCUT2D eigenvalue weighted by atomic mass is 16.4. The first kappa shape index (κ1) is 18.5. The van der Waals surface area contributed by atoms with Gasteiger partial charge in [-0.15, -0.1) is 0 Å². The Balaban J connectivity index is 5.36. The number of nitrogens with two attached hydrogens (primary N) is 1. The predicted molar refractivity (Wildman–Crippen MR) is 66.2 cm³/mol. The molecule has 0 saturated heterocycles. The van der Waals surface area contributed by atoms with Crippen molar-refractivity contribution in [3.63, 3.8) is 0 Å². The van der Waals surface area contributed by atoms with Crippen molar-refractivity contribution >= 4 is 29.6 Å². The number of carboxylic acid groups (broad SMARTS) is 3. The molecule has 1 amide bonds. The van der Waals surface area contributed by atoms with Crippen LogP contribution in [0.2, 0.25) is 0 Å². The first-order valence-electron chi connectivity index (χ1n) is 5.79. The Morgan fingerprint density at radius 1 is 1.00 bits per heavy atom. The number of carbonyl (C=O) groups excluding carboxylic acids is 2. The highest BCUT2D eigenvalue weighted by Gasteiger charge is 2.38. The number of carbonyl (C=O) groups is 5. The van der Waals surface area contributed by atoms with Gasteiger partial charge in [0, 0.05) is 6.92 Å². The van der Waals surface area contributed by atoms with E-state index in [1.165, 1.54) is 0 Å². The molecule has 0 saturated carbocycles. The first-order valence-corrected chi connectivity index (χ1v) is 5.79. The van der Waals surface area contributed by atoms with Crippen molar-refractivity contribution < 1.29 is 39.3 Å². The van der Waals surface area contributed by atoms with E-state index in [1.54, 1.807) is 0 Å². The summed E-state index contributed by atoms with van der Waals surface area (Å²) in [5.74, 6) is -7.99. The summed E-state index contributed by atoms with van der Waals surface area (Å²) < 4.78 is 0. The smallest absolute Gasteiger partial charge is 0.326 e. The molecule has 21 heavy (non-hydrogen) atoms. The van der Waals surface area contributed by atoms with Crippen molar-refractivity contribution in [2.24, 2.45) is 11.7 Å². The van der Waals surface area contributed by atoms with Crippen LogP contribution in [0.5, 0.6) is 0 Å². The number of hydrogen-bond donors (Lipinski definition) is 5. The maximum absolute atomic E-state index is 12.0. The van der Waals surface area contributed by atoms with Crippen LogP contribution in [0, 0.1) is 5.92 Å². The number of nitrogens with one attached hydrogen (secondary N) is 1. The predicted octanol–water partition coefficient (Wildman–Crippen LogP) is -1.96. The molecule has 0 aromatic heterocycles. The fourth-order valence-electron chi connectivity index (χ4n) is 1.69. The van der Waals surface area contributed by atoms with Gasteiger partial charge in [0.25, 0.3) is 0 Å². The molecule has 10 nitrogen and oxygen atoms in total. The maximum Gasteiger partial charge on any atom is 0.326 e. The Hall–Kier alpha value is -2.49. The Morgan fingerprint density at radius 2 is 1.48 bits per heavy atom. The van der Waals surface area contributed by atoms with Gasteiger partial charge in [0.15, 0.2) is 5.78 Å². The summed E-state index contributed by atoms with van der Waals surface area (Å²) in [6.45, 7) is 0.995. The second kappa shape index (κ2) is 7.94. The van der Waals surface area contributed by atoms with Gasteiger partial charge in [0.2, 0.25) is 5.91 Å². The van der Waals surface area contributed by atoms with Gasteiger partial charge in [-0.3, -0.25) is 19.2 Å². The van der Waals surface area contributed by atoms with E-state index in [2.05, 4.69) is 0 Å². The molecule has 0 bridgehead atoms. The highest BCUT2D eigenvalue weighted by Crippen LogP contribution is 2.15. The number of carboxylic acids is 3. The second-order valence-electron chi connectivity index (χ2n) is 4.33. The minimum atomic E-state index is -1.80. The largest absolute Gasteiger partial charge is 0.481 e. The standard InChI is InChI=1S/C11H16N2O8/c1-4(14)13-9(11(20)21)5(2-7(15)16)10(19)6(12)3-8(17)18/h5-6,9H,2-3,12H2,1H3,(H,13,14)(H,15,16)(H,17,18)(H,20,21)/t5?,6-,9-/m0/s1. The zero-order valence-electron chi connectivity index (χ0n) is 11.1. The molecule has 0 fully saturated rings. The number of ketones is 1. The van der Waals surface area contributed by atoms with Gasteiger partial charge in [-0.25, -0.2) is 4.79 Å². The zero-order valence-corrected chi connectivity index (χ0v) is 11.1. The van der Waals surface area contributed by atoms with Crippen molar-refractivity contribution in [3.8, 4) is 0 Å². The molecule has 0 heterocycles. The van der Waals surface area contributed by atoms with Crippen LogP contribution in [0.3, 0.4) is 0 Å². The molecule has 0 rings (SSSR count). The summed E-state index contributed by atoms with van der Waals surface area (Å²) in [7, 11) is 0. The van der Waals surface area contributed by atoms with Gasteiger partial charge in [0.1, 0.15) is 6.04 Å². The Morgan fingerprint density at radius 3 is 1.81 bits per heavy atom. The minimum Gasteiger partial charge on any atom is -0.481 e. The molecule has 0 aromatic rings. The van der Waals surface area contributed by atoms with Crippen LogP contribution in [0.25, 0.3) is 0 Å². The SMILES string of the molecule is CC(=O)N[C@H](C(=O)O)C(CC(=O)O)C(=O)[C@@H](N)CC(=O)O. The molecular formula is C11H16N2O8. The molecule has 10 heteroatoms. The summed E-state index contributed by atoms with van der Waals surface area (Å²) in [6.07, 6.45) is -1.68. The van der Waals surface area contributed by atoms with Crippen LogP contribution >= 0.6 is 0 Å². The van der Waals surface area contributed by atoms with Gasteiger partial charge in [-0.05, 0) is 0 Å². The van der Waals surface area contributed by atoms with E-state index in [9.17, 15) is 24.0 Å². The van der Waals surface area contributed by atoms with E-state index in [1.807, 2.05) is 5.32 Å².